The predicted octanol–water partition coefficient (Wildman–Crippen LogP) is 8.55. The summed E-state index contributed by atoms with van der Waals surface area (Å²) in [5.74, 6) is -0.582. The summed E-state index contributed by atoms with van der Waals surface area (Å²) in [6.45, 7) is 16.3. The number of hydrogen-bond acceptors (Lipinski definition) is 11. The fraction of sp³-hybridized carbons (Fsp3) is 0.423. The number of hydroxylamine groups is 1. The van der Waals surface area contributed by atoms with Crippen LogP contribution in [0.4, 0.5) is 16.2 Å². The first kappa shape index (κ1) is 48.1. The summed E-state index contributed by atoms with van der Waals surface area (Å²) in [7, 11) is -8.17. The van der Waals surface area contributed by atoms with Crippen molar-refractivity contribution in [1.29, 1.82) is 0 Å². The van der Waals surface area contributed by atoms with Gasteiger partial charge >= 0.3 is 6.09 Å². The summed E-state index contributed by atoms with van der Waals surface area (Å²) < 4.78 is 73.4. The highest BCUT2D eigenvalue weighted by Gasteiger charge is 2.46. The van der Waals surface area contributed by atoms with E-state index in [0.29, 0.717) is 58.8 Å². The molecule has 4 aromatic carbocycles. The smallest absolute Gasteiger partial charge is 0.409 e. The molecule has 1 fully saturated rings. The second-order valence-electron chi connectivity index (χ2n) is 18.7. The number of allylic oxidation sites excluding steroid dienone is 7. The molecule has 15 heteroatoms. The summed E-state index contributed by atoms with van der Waals surface area (Å²) in [6, 6.07) is 25.2. The van der Waals surface area contributed by atoms with Gasteiger partial charge in [0.25, 0.3) is 10.1 Å². The van der Waals surface area contributed by atoms with Crippen molar-refractivity contribution in [3.05, 3.63) is 131 Å². The van der Waals surface area contributed by atoms with Crippen LogP contribution in [0.5, 0.6) is 0 Å². The number of amides is 1. The highest BCUT2D eigenvalue weighted by atomic mass is 32.2. The second kappa shape index (κ2) is 19.4. The molecule has 1 aliphatic carbocycles. The van der Waals surface area contributed by atoms with Crippen LogP contribution in [0.2, 0.25) is 0 Å². The van der Waals surface area contributed by atoms with E-state index in [1.54, 1.807) is 11.8 Å². The van der Waals surface area contributed by atoms with Crippen molar-refractivity contribution in [2.45, 2.75) is 78.1 Å². The van der Waals surface area contributed by atoms with Crippen molar-refractivity contribution in [3.63, 3.8) is 0 Å². The lowest BCUT2D eigenvalue weighted by atomic mass is 9.79. The van der Waals surface area contributed by atoms with E-state index in [1.807, 2.05) is 25.1 Å². The van der Waals surface area contributed by atoms with Gasteiger partial charge in [-0.3, -0.25) is 0 Å². The van der Waals surface area contributed by atoms with Crippen LogP contribution in [0.1, 0.15) is 78.4 Å². The third kappa shape index (κ3) is 9.85. The van der Waals surface area contributed by atoms with Gasteiger partial charge in [0.05, 0.1) is 27.9 Å². The minimum absolute atomic E-state index is 0.138. The highest BCUT2D eigenvalue weighted by molar-refractivity contribution is 7.86. The third-order valence-corrected chi connectivity index (χ3v) is 15.6. The predicted molar refractivity (Wildman–Crippen MR) is 265 cm³/mol. The number of carbonyl (C=O) groups is 1. The molecule has 0 saturated carbocycles. The molecule has 0 unspecified atom stereocenters. The number of hydrogen-bond donors (Lipinski definition) is 1. The lowest BCUT2D eigenvalue weighted by Crippen LogP contribution is -2.48. The summed E-state index contributed by atoms with van der Waals surface area (Å²) in [5.41, 5.74) is 11.6. The molecule has 67 heavy (non-hydrogen) atoms. The first-order valence-corrected chi connectivity index (χ1v) is 26.6. The third-order valence-electron chi connectivity index (χ3n) is 13.7. The molecular weight excluding hydrogens is 887 g/mol. The van der Waals surface area contributed by atoms with Gasteiger partial charge in [0.1, 0.15) is 6.54 Å². The Morgan fingerprint density at radius 3 is 2.13 bits per heavy atom. The monoisotopic (exact) mass is 949 g/mol. The maximum atomic E-state index is 12.8. The van der Waals surface area contributed by atoms with Gasteiger partial charge in [0, 0.05) is 91.6 Å². The number of anilines is 1. The van der Waals surface area contributed by atoms with Crippen LogP contribution in [0.3, 0.4) is 0 Å². The standard InChI is InChI=1S/C52H63N5O8S2/c1-7-53-65-67(62,63)36-14-30-57-44-26-22-38-16-10-12-18-42(38)48(44)52(5,6)46(57)28-24-40-20-19-39(49(40)54-31-33-55(34-32-54)50(58)64-8-2)23-27-45-51(3,4)47-41-17-11-9-15-37(41)21-25-43(47)56(45)29-13-35-66(59,60)61/h9-12,15-18,21-28,53H,7-8,13-14,19-20,29-36H2,1-6H3. The molecule has 8 rings (SSSR count). The Bertz CT molecular complexity index is 2960. The number of benzene rings is 4. The summed E-state index contributed by atoms with van der Waals surface area (Å²) in [4.78, 5) is 19.2. The number of piperazine rings is 1. The topological polar surface area (TPSA) is 152 Å². The minimum Gasteiger partial charge on any atom is -0.748 e. The molecular formula is C52H63N5O8S2. The minimum atomic E-state index is -4.39. The molecule has 1 N–H and O–H groups in total. The van der Waals surface area contributed by atoms with E-state index in [-0.39, 0.29) is 18.3 Å². The van der Waals surface area contributed by atoms with Crippen LogP contribution in [-0.4, -0.2) is 111 Å². The molecule has 4 aliphatic rings. The first-order chi connectivity index (χ1) is 31.9. The Labute approximate surface area is 395 Å². The largest absolute Gasteiger partial charge is 0.748 e. The van der Waals surface area contributed by atoms with Crippen molar-refractivity contribution in [3.8, 4) is 0 Å². The molecule has 3 heterocycles. The zero-order valence-electron chi connectivity index (χ0n) is 39.5. The van der Waals surface area contributed by atoms with E-state index < -0.39 is 36.8 Å². The molecule has 0 atom stereocenters. The van der Waals surface area contributed by atoms with E-state index >= 15 is 0 Å². The van der Waals surface area contributed by atoms with E-state index in [9.17, 15) is 26.2 Å². The Hall–Kier alpha value is -5.32. The molecule has 13 nitrogen and oxygen atoms in total. The zero-order chi connectivity index (χ0) is 47.7. The normalized spacial score (nSPS) is 19.5. The first-order valence-electron chi connectivity index (χ1n) is 23.5. The molecule has 356 valence electrons. The van der Waals surface area contributed by atoms with E-state index in [1.165, 1.54) is 11.1 Å². The zero-order valence-corrected chi connectivity index (χ0v) is 41.1. The van der Waals surface area contributed by atoms with Crippen LogP contribution >= 0.6 is 0 Å². The van der Waals surface area contributed by atoms with Crippen molar-refractivity contribution >= 4 is 65.0 Å². The summed E-state index contributed by atoms with van der Waals surface area (Å²) >= 11 is 0. The Balaban J connectivity index is 1.21. The van der Waals surface area contributed by atoms with Crippen LogP contribution in [0, 0.1) is 0 Å². The number of nitrogens with zero attached hydrogens (tertiary/aromatic N) is 4. The van der Waals surface area contributed by atoms with Gasteiger partial charge in [0.2, 0.25) is 5.69 Å². The lowest BCUT2D eigenvalue weighted by Gasteiger charge is -2.37. The number of ether oxygens (including phenoxy) is 1. The SMILES string of the molecule is CCNOS(=O)(=O)CCCN1/C(=C/C=C2\CCC(/C=C/C3=[N+](CCCS(=O)(=O)[O-])c4ccc5ccccc5c4C3(C)C)=C2N2CCN(C(=O)OCC)CC2)C(C)(C)c2c1ccc1ccccc21. The van der Waals surface area contributed by atoms with Crippen molar-refractivity contribution in [2.75, 3.05) is 68.8 Å². The number of rotatable bonds is 16. The summed E-state index contributed by atoms with van der Waals surface area (Å²) in [5, 5.41) is 4.56. The molecule has 0 aromatic heterocycles. The van der Waals surface area contributed by atoms with Crippen LogP contribution in [0.15, 0.2) is 120 Å². The van der Waals surface area contributed by atoms with Crippen LogP contribution in [-0.2, 0) is 40.1 Å². The fourth-order valence-electron chi connectivity index (χ4n) is 10.7. The van der Waals surface area contributed by atoms with E-state index in [0.717, 1.165) is 74.0 Å². The van der Waals surface area contributed by atoms with Crippen molar-refractivity contribution in [1.82, 2.24) is 15.3 Å². The van der Waals surface area contributed by atoms with Crippen LogP contribution < -0.4 is 10.4 Å². The molecule has 1 saturated heterocycles. The van der Waals surface area contributed by atoms with Gasteiger partial charge in [0.15, 0.2) is 5.71 Å². The molecule has 0 spiro atoms. The van der Waals surface area contributed by atoms with Gasteiger partial charge in [-0.05, 0) is 96.5 Å². The fourth-order valence-corrected chi connectivity index (χ4v) is 12.0. The van der Waals surface area contributed by atoms with Gasteiger partial charge in [-0.25, -0.2) is 13.2 Å². The van der Waals surface area contributed by atoms with Gasteiger partial charge in [-0.2, -0.15) is 22.8 Å². The van der Waals surface area contributed by atoms with Crippen LogP contribution in [0.25, 0.3) is 21.5 Å². The number of nitrogens with one attached hydrogen (secondary N) is 1. The molecule has 0 radical (unpaired) electrons. The van der Waals surface area contributed by atoms with E-state index in [4.69, 9.17) is 9.02 Å². The summed E-state index contributed by atoms with van der Waals surface area (Å²) in [6.07, 6.45) is 10.7. The number of fused-ring (bicyclic) bond motifs is 6. The maximum absolute atomic E-state index is 12.8. The van der Waals surface area contributed by atoms with Gasteiger partial charge < -0.3 is 24.0 Å². The van der Waals surface area contributed by atoms with Gasteiger partial charge in [-0.15, -0.1) is 0 Å². The average Bonchev–Trinajstić information content (AvgIpc) is 3.87. The molecule has 4 aromatic rings. The van der Waals surface area contributed by atoms with Crippen molar-refractivity contribution in [2.24, 2.45) is 0 Å². The van der Waals surface area contributed by atoms with E-state index in [2.05, 4.69) is 126 Å². The Morgan fingerprint density at radius 1 is 0.791 bits per heavy atom. The maximum Gasteiger partial charge on any atom is 0.409 e. The Morgan fingerprint density at radius 2 is 1.46 bits per heavy atom. The molecule has 3 aliphatic heterocycles. The highest BCUT2D eigenvalue weighted by Crippen LogP contribution is 2.51. The number of carbonyl (C=O) groups excluding carboxylic acids is 1. The second-order valence-corrected chi connectivity index (χ2v) is 21.9. The Kier molecular flexibility index (Phi) is 13.9. The van der Waals surface area contributed by atoms with Crippen molar-refractivity contribution < 1.29 is 39.8 Å². The molecule has 0 bridgehead atoms. The average molecular weight is 950 g/mol. The lowest BCUT2D eigenvalue weighted by molar-refractivity contribution is -0.437. The quantitative estimate of drug-likeness (QED) is 0.0654. The molecule has 1 amide bonds. The van der Waals surface area contributed by atoms with Gasteiger partial charge in [-0.1, -0.05) is 87.5 Å².